The molecule has 7 heteroatoms. The van der Waals surface area contributed by atoms with Gasteiger partial charge in [0.25, 0.3) is 5.91 Å². The fraction of sp³-hybridized carbons (Fsp3) is 0.250. The molecule has 1 aromatic heterocycles. The van der Waals surface area contributed by atoms with Crippen LogP contribution in [0, 0.1) is 0 Å². The molecule has 0 saturated heterocycles. The summed E-state index contributed by atoms with van der Waals surface area (Å²) in [7, 11) is 0.308. The van der Waals surface area contributed by atoms with Gasteiger partial charge in [0.15, 0.2) is 9.84 Å². The van der Waals surface area contributed by atoms with Gasteiger partial charge in [-0.2, -0.15) is 0 Å². The molecule has 2 rings (SSSR count). The lowest BCUT2D eigenvalue weighted by atomic mass is 10.2. The van der Waals surface area contributed by atoms with Crippen molar-refractivity contribution in [1.82, 2.24) is 4.98 Å². The smallest absolute Gasteiger partial charge is 0.258 e. The standard InChI is InChI=1S/C16H19N3O3S/c1-4-23(21,22)14-8-6-5-7-13(14)16(20)18-15-10-9-12(11-17-15)19(2)3/h5-11H,4H2,1-3H3,(H,17,18,20). The third kappa shape index (κ3) is 3.87. The molecule has 1 aromatic carbocycles. The molecule has 0 aliphatic heterocycles. The molecule has 2 aromatic rings. The average Bonchev–Trinajstić information content (AvgIpc) is 2.55. The lowest BCUT2D eigenvalue weighted by Crippen LogP contribution is -2.18. The highest BCUT2D eigenvalue weighted by Gasteiger charge is 2.20. The molecule has 1 N–H and O–H groups in total. The maximum atomic E-state index is 12.4. The second kappa shape index (κ2) is 6.78. The van der Waals surface area contributed by atoms with Crippen LogP contribution >= 0.6 is 0 Å². The van der Waals surface area contributed by atoms with Crippen LogP contribution in [-0.2, 0) is 9.84 Å². The molecule has 122 valence electrons. The predicted octanol–water partition coefficient (Wildman–Crippen LogP) is 2.19. The van der Waals surface area contributed by atoms with Crippen molar-refractivity contribution in [1.29, 1.82) is 0 Å². The van der Waals surface area contributed by atoms with E-state index in [1.54, 1.807) is 31.3 Å². The molecule has 0 fully saturated rings. The summed E-state index contributed by atoms with van der Waals surface area (Å²) in [6, 6.07) is 9.65. The van der Waals surface area contributed by atoms with Gasteiger partial charge in [0, 0.05) is 14.1 Å². The Hall–Kier alpha value is -2.41. The van der Waals surface area contributed by atoms with E-state index in [-0.39, 0.29) is 16.2 Å². The highest BCUT2D eigenvalue weighted by molar-refractivity contribution is 7.91. The molecule has 0 bridgehead atoms. The highest BCUT2D eigenvalue weighted by atomic mass is 32.2. The molecular weight excluding hydrogens is 314 g/mol. The second-order valence-corrected chi connectivity index (χ2v) is 7.40. The molecule has 1 heterocycles. The summed E-state index contributed by atoms with van der Waals surface area (Å²) in [5.41, 5.74) is 1.02. The maximum absolute atomic E-state index is 12.4. The molecule has 0 unspecified atom stereocenters. The average molecular weight is 333 g/mol. The van der Waals surface area contributed by atoms with Gasteiger partial charge in [-0.05, 0) is 24.3 Å². The Balaban J connectivity index is 2.28. The van der Waals surface area contributed by atoms with Crippen LogP contribution in [-0.4, -0.2) is 39.2 Å². The van der Waals surface area contributed by atoms with Gasteiger partial charge in [-0.3, -0.25) is 4.79 Å². The van der Waals surface area contributed by atoms with Gasteiger partial charge >= 0.3 is 0 Å². The number of pyridine rings is 1. The molecule has 1 amide bonds. The van der Waals surface area contributed by atoms with E-state index in [0.29, 0.717) is 5.82 Å². The molecule has 0 saturated carbocycles. The summed E-state index contributed by atoms with van der Waals surface area (Å²) in [5, 5.41) is 2.63. The SMILES string of the molecule is CCS(=O)(=O)c1ccccc1C(=O)Nc1ccc(N(C)C)cn1. The van der Waals surface area contributed by atoms with Crippen LogP contribution in [0.1, 0.15) is 17.3 Å². The number of rotatable bonds is 5. The molecular formula is C16H19N3O3S. The van der Waals surface area contributed by atoms with E-state index in [0.717, 1.165) is 5.69 Å². The van der Waals surface area contributed by atoms with Gasteiger partial charge in [-0.25, -0.2) is 13.4 Å². The predicted molar refractivity (Wildman–Crippen MR) is 90.7 cm³/mol. The van der Waals surface area contributed by atoms with Gasteiger partial charge in [0.1, 0.15) is 5.82 Å². The lowest BCUT2D eigenvalue weighted by Gasteiger charge is -2.13. The number of nitrogens with one attached hydrogen (secondary N) is 1. The molecule has 0 atom stereocenters. The largest absolute Gasteiger partial charge is 0.376 e. The van der Waals surface area contributed by atoms with Crippen molar-refractivity contribution in [2.75, 3.05) is 30.1 Å². The third-order valence-electron chi connectivity index (χ3n) is 3.35. The van der Waals surface area contributed by atoms with Gasteiger partial charge in [-0.1, -0.05) is 19.1 Å². The van der Waals surface area contributed by atoms with Crippen LogP contribution in [0.4, 0.5) is 11.5 Å². The van der Waals surface area contributed by atoms with Crippen molar-refractivity contribution in [3.63, 3.8) is 0 Å². The van der Waals surface area contributed by atoms with Crippen molar-refractivity contribution in [3.8, 4) is 0 Å². The molecule has 0 radical (unpaired) electrons. The van der Waals surface area contributed by atoms with Crippen molar-refractivity contribution in [2.45, 2.75) is 11.8 Å². The van der Waals surface area contributed by atoms with E-state index in [1.165, 1.54) is 12.1 Å². The van der Waals surface area contributed by atoms with Crippen LogP contribution in [0.15, 0.2) is 47.5 Å². The monoisotopic (exact) mass is 333 g/mol. The number of hydrogen-bond acceptors (Lipinski definition) is 5. The van der Waals surface area contributed by atoms with Crippen LogP contribution in [0.5, 0.6) is 0 Å². The van der Waals surface area contributed by atoms with Crippen molar-refractivity contribution < 1.29 is 13.2 Å². The van der Waals surface area contributed by atoms with Crippen LogP contribution < -0.4 is 10.2 Å². The summed E-state index contributed by atoms with van der Waals surface area (Å²) >= 11 is 0. The first-order valence-electron chi connectivity index (χ1n) is 7.11. The third-order valence-corrected chi connectivity index (χ3v) is 5.14. The number of aromatic nitrogens is 1. The maximum Gasteiger partial charge on any atom is 0.258 e. The first-order valence-corrected chi connectivity index (χ1v) is 8.77. The van der Waals surface area contributed by atoms with Gasteiger partial charge in [0.2, 0.25) is 0 Å². The summed E-state index contributed by atoms with van der Waals surface area (Å²) in [6.45, 7) is 1.55. The molecule has 0 aliphatic rings. The Morgan fingerprint density at radius 3 is 2.43 bits per heavy atom. The normalized spacial score (nSPS) is 11.1. The van der Waals surface area contributed by atoms with E-state index >= 15 is 0 Å². The number of carbonyl (C=O) groups excluding carboxylic acids is 1. The number of sulfone groups is 1. The highest BCUT2D eigenvalue weighted by Crippen LogP contribution is 2.19. The fourth-order valence-electron chi connectivity index (χ4n) is 1.99. The number of anilines is 2. The van der Waals surface area contributed by atoms with Gasteiger partial charge < -0.3 is 10.2 Å². The summed E-state index contributed by atoms with van der Waals surface area (Å²) in [5.74, 6) is -0.195. The number of carbonyl (C=O) groups is 1. The van der Waals surface area contributed by atoms with Crippen LogP contribution in [0.2, 0.25) is 0 Å². The van der Waals surface area contributed by atoms with E-state index in [4.69, 9.17) is 0 Å². The van der Waals surface area contributed by atoms with E-state index < -0.39 is 15.7 Å². The lowest BCUT2D eigenvalue weighted by molar-refractivity contribution is 0.102. The number of nitrogens with zero attached hydrogens (tertiary/aromatic N) is 2. The Bertz CT molecular complexity index is 800. The minimum Gasteiger partial charge on any atom is -0.376 e. The molecule has 0 aliphatic carbocycles. The van der Waals surface area contributed by atoms with E-state index in [1.807, 2.05) is 25.1 Å². The number of hydrogen-bond donors (Lipinski definition) is 1. The van der Waals surface area contributed by atoms with Crippen molar-refractivity contribution in [3.05, 3.63) is 48.2 Å². The second-order valence-electron chi connectivity index (χ2n) is 5.15. The number of benzene rings is 1. The first-order chi connectivity index (χ1) is 10.8. The van der Waals surface area contributed by atoms with Crippen LogP contribution in [0.25, 0.3) is 0 Å². The molecule has 6 nitrogen and oxygen atoms in total. The minimum atomic E-state index is -3.47. The number of amides is 1. The Morgan fingerprint density at radius 2 is 1.87 bits per heavy atom. The summed E-state index contributed by atoms with van der Waals surface area (Å²) in [6.07, 6.45) is 1.63. The Labute approximate surface area is 136 Å². The minimum absolute atomic E-state index is 0.0323. The van der Waals surface area contributed by atoms with E-state index in [2.05, 4.69) is 10.3 Å². The zero-order valence-electron chi connectivity index (χ0n) is 13.3. The van der Waals surface area contributed by atoms with E-state index in [9.17, 15) is 13.2 Å². The molecule has 0 spiro atoms. The van der Waals surface area contributed by atoms with Crippen LogP contribution in [0.3, 0.4) is 0 Å². The zero-order valence-corrected chi connectivity index (χ0v) is 14.1. The quantitative estimate of drug-likeness (QED) is 0.907. The first kappa shape index (κ1) is 17.0. The Morgan fingerprint density at radius 1 is 1.17 bits per heavy atom. The van der Waals surface area contributed by atoms with Gasteiger partial charge in [0.05, 0.1) is 28.1 Å². The topological polar surface area (TPSA) is 79.4 Å². The van der Waals surface area contributed by atoms with Crippen molar-refractivity contribution in [2.24, 2.45) is 0 Å². The zero-order chi connectivity index (χ0) is 17.0. The summed E-state index contributed by atoms with van der Waals surface area (Å²) in [4.78, 5) is 18.5. The summed E-state index contributed by atoms with van der Waals surface area (Å²) < 4.78 is 24.2. The van der Waals surface area contributed by atoms with Crippen molar-refractivity contribution >= 4 is 27.2 Å². The fourth-order valence-corrected chi connectivity index (χ4v) is 3.08. The van der Waals surface area contributed by atoms with Gasteiger partial charge in [-0.15, -0.1) is 0 Å². The Kier molecular flexibility index (Phi) is 5.00. The molecule has 23 heavy (non-hydrogen) atoms.